The van der Waals surface area contributed by atoms with Crippen LogP contribution in [0.15, 0.2) is 0 Å². The van der Waals surface area contributed by atoms with E-state index in [0.717, 1.165) is 25.7 Å². The third-order valence-electron chi connectivity index (χ3n) is 6.97. The number of carbonyl (C=O) groups excluding carboxylic acids is 3. The third-order valence-corrected chi connectivity index (χ3v) is 6.97. The van der Waals surface area contributed by atoms with Crippen LogP contribution in [0.25, 0.3) is 0 Å². The van der Waals surface area contributed by atoms with Crippen LogP contribution in [0.5, 0.6) is 0 Å². The van der Waals surface area contributed by atoms with Crippen LogP contribution in [0.4, 0.5) is 0 Å². The summed E-state index contributed by atoms with van der Waals surface area (Å²) in [6.45, 7) is 19.9. The summed E-state index contributed by atoms with van der Waals surface area (Å²) in [4.78, 5) is 39.2. The molecule has 2 heterocycles. The number of hydrogen-bond donors (Lipinski definition) is 3. The molecule has 2 rings (SSSR count). The van der Waals surface area contributed by atoms with Gasteiger partial charge in [-0.1, -0.05) is 0 Å². The summed E-state index contributed by atoms with van der Waals surface area (Å²) in [6, 6.07) is 0.0731. The molecule has 2 aliphatic rings. The summed E-state index contributed by atoms with van der Waals surface area (Å²) in [5, 5.41) is 7.77. The lowest BCUT2D eigenvalue weighted by Gasteiger charge is -2.55. The van der Waals surface area contributed by atoms with Gasteiger partial charge in [0.1, 0.15) is 0 Å². The molecule has 34 heavy (non-hydrogen) atoms. The first-order valence-electron chi connectivity index (χ1n) is 12.3. The van der Waals surface area contributed by atoms with Gasteiger partial charge in [-0.05, 0) is 81.1 Å². The Morgan fingerprint density at radius 1 is 0.971 bits per heavy atom. The first-order valence-corrected chi connectivity index (χ1v) is 12.3. The van der Waals surface area contributed by atoms with Gasteiger partial charge in [0.05, 0.1) is 6.10 Å². The lowest BCUT2D eigenvalue weighted by molar-refractivity contribution is -0.158. The summed E-state index contributed by atoms with van der Waals surface area (Å²) in [6.07, 6.45) is 1.91. The summed E-state index contributed by atoms with van der Waals surface area (Å²) < 4.78 is 6.36. The highest BCUT2D eigenvalue weighted by atomic mass is 16.5. The average molecular weight is 482 g/mol. The molecule has 196 valence electrons. The Hall–Kier alpha value is -1.55. The van der Waals surface area contributed by atoms with Gasteiger partial charge in [0.2, 0.25) is 11.8 Å². The largest absolute Gasteiger partial charge is 0.364 e. The number of nitrogens with one attached hydrogen (secondary N) is 2. The summed E-state index contributed by atoms with van der Waals surface area (Å²) in [5.41, 5.74) is -0.976. The Morgan fingerprint density at radius 3 is 1.85 bits per heavy atom. The lowest BCUT2D eigenvalue weighted by Crippen LogP contribution is -2.66. The highest BCUT2D eigenvalue weighted by Crippen LogP contribution is 2.38. The molecule has 4 N–H and O–H groups in total. The molecule has 0 radical (unpaired) electrons. The van der Waals surface area contributed by atoms with E-state index in [-0.39, 0.29) is 46.8 Å². The molecule has 3 amide bonds. The van der Waals surface area contributed by atoms with Gasteiger partial charge in [-0.15, -0.1) is 0 Å². The maximum Gasteiger partial charge on any atom is 0.273 e. The molecule has 1 atom stereocenters. The molecule has 0 aromatic rings. The van der Waals surface area contributed by atoms with Crippen molar-refractivity contribution in [3.05, 3.63) is 0 Å². The molecule has 0 aromatic heterocycles. The Balaban J connectivity index is 2.19. The van der Waals surface area contributed by atoms with Gasteiger partial charge in [0.25, 0.3) is 5.91 Å². The number of imide groups is 1. The van der Waals surface area contributed by atoms with E-state index in [1.165, 1.54) is 6.92 Å². The van der Waals surface area contributed by atoms with E-state index in [9.17, 15) is 14.4 Å². The second-order valence-corrected chi connectivity index (χ2v) is 12.8. The van der Waals surface area contributed by atoms with Crippen LogP contribution in [0.2, 0.25) is 0 Å². The Bertz CT molecular complexity index is 758. The van der Waals surface area contributed by atoms with Gasteiger partial charge in [-0.3, -0.25) is 14.4 Å². The van der Waals surface area contributed by atoms with E-state index < -0.39 is 17.9 Å². The Labute approximate surface area is 205 Å². The van der Waals surface area contributed by atoms with E-state index in [1.807, 2.05) is 4.90 Å². The fourth-order valence-electron chi connectivity index (χ4n) is 6.61. The smallest absolute Gasteiger partial charge is 0.273 e. The minimum atomic E-state index is -0.888. The Morgan fingerprint density at radius 2 is 1.44 bits per heavy atom. The number of nitrogens with two attached hydrogens (primary N) is 1. The molecule has 2 fully saturated rings. The third kappa shape index (κ3) is 6.99. The zero-order chi connectivity index (χ0) is 26.3. The monoisotopic (exact) mass is 481 g/mol. The summed E-state index contributed by atoms with van der Waals surface area (Å²) in [7, 11) is 0. The van der Waals surface area contributed by atoms with Crippen molar-refractivity contribution in [2.24, 2.45) is 5.84 Å². The molecule has 0 bridgehead atoms. The number of nitrogens with zero attached hydrogens (tertiary/aromatic N) is 2. The van der Waals surface area contributed by atoms with E-state index in [1.54, 1.807) is 6.92 Å². The zero-order valence-electron chi connectivity index (χ0n) is 22.9. The van der Waals surface area contributed by atoms with Gasteiger partial charge in [-0.2, -0.15) is 0 Å². The molecule has 9 nitrogen and oxygen atoms in total. The van der Waals surface area contributed by atoms with Crippen molar-refractivity contribution >= 4 is 17.7 Å². The SMILES string of the molecule is CC(=O)N(N)C(=O)C(CNC1CC(C)(C)N(C(C)=O)C(C)(C)C1)OC1CC(C)(C)NC(C)(C)C1. The van der Waals surface area contributed by atoms with Crippen molar-refractivity contribution in [3.63, 3.8) is 0 Å². The molecule has 2 aliphatic heterocycles. The van der Waals surface area contributed by atoms with Crippen molar-refractivity contribution < 1.29 is 19.1 Å². The van der Waals surface area contributed by atoms with Crippen molar-refractivity contribution in [2.45, 2.75) is 135 Å². The Kier molecular flexibility index (Phi) is 8.30. The number of hydrogen-bond acceptors (Lipinski definition) is 7. The van der Waals surface area contributed by atoms with Crippen LogP contribution in [0.1, 0.15) is 94.9 Å². The van der Waals surface area contributed by atoms with Crippen LogP contribution in [0, 0.1) is 0 Å². The standard InChI is InChI=1S/C25H47N5O4/c1-16(31)29(26)21(33)20(34-19-13-22(3,4)28-23(5,6)14-19)15-27-18-11-24(7,8)30(17(2)32)25(9,10)12-18/h18-20,27-28H,11-15,26H2,1-10H3. The molecular formula is C25H47N5O4. The van der Waals surface area contributed by atoms with Crippen LogP contribution in [0.3, 0.4) is 0 Å². The second-order valence-electron chi connectivity index (χ2n) is 12.8. The van der Waals surface area contributed by atoms with Crippen LogP contribution in [-0.4, -0.2) is 74.6 Å². The fourth-order valence-corrected chi connectivity index (χ4v) is 6.61. The summed E-state index contributed by atoms with van der Waals surface area (Å²) in [5.74, 6) is 4.77. The summed E-state index contributed by atoms with van der Waals surface area (Å²) >= 11 is 0. The number of hydrazine groups is 1. The second kappa shape index (κ2) is 9.84. The quantitative estimate of drug-likeness (QED) is 0.302. The van der Waals surface area contributed by atoms with Gasteiger partial charge in [0.15, 0.2) is 6.10 Å². The van der Waals surface area contributed by atoms with E-state index >= 15 is 0 Å². The number of ether oxygens (including phenoxy) is 1. The van der Waals surface area contributed by atoms with Gasteiger partial charge >= 0.3 is 0 Å². The van der Waals surface area contributed by atoms with E-state index in [0.29, 0.717) is 5.01 Å². The number of rotatable bonds is 6. The maximum absolute atomic E-state index is 13.1. The molecule has 1 unspecified atom stereocenters. The topological polar surface area (TPSA) is 117 Å². The molecule has 9 heteroatoms. The van der Waals surface area contributed by atoms with Crippen molar-refractivity contribution in [1.29, 1.82) is 0 Å². The highest BCUT2D eigenvalue weighted by molar-refractivity contribution is 5.95. The van der Waals surface area contributed by atoms with Crippen molar-refractivity contribution in [3.8, 4) is 0 Å². The van der Waals surface area contributed by atoms with Crippen molar-refractivity contribution in [1.82, 2.24) is 20.5 Å². The molecule has 2 saturated heterocycles. The van der Waals surface area contributed by atoms with Crippen molar-refractivity contribution in [2.75, 3.05) is 6.54 Å². The maximum atomic E-state index is 13.1. The van der Waals surface area contributed by atoms with Gasteiger partial charge < -0.3 is 20.3 Å². The van der Waals surface area contributed by atoms with Crippen LogP contribution in [-0.2, 0) is 19.1 Å². The average Bonchev–Trinajstić information content (AvgIpc) is 2.58. The van der Waals surface area contributed by atoms with Gasteiger partial charge in [0, 0.05) is 48.6 Å². The predicted molar refractivity (Wildman–Crippen MR) is 133 cm³/mol. The molecule has 0 aromatic carbocycles. The number of piperidine rings is 2. The number of amides is 3. The first-order chi connectivity index (χ1) is 15.3. The van der Waals surface area contributed by atoms with E-state index in [4.69, 9.17) is 10.6 Å². The minimum absolute atomic E-state index is 0.0567. The zero-order valence-corrected chi connectivity index (χ0v) is 22.9. The molecular weight excluding hydrogens is 434 g/mol. The van der Waals surface area contributed by atoms with Gasteiger partial charge in [-0.25, -0.2) is 10.9 Å². The van der Waals surface area contributed by atoms with Crippen LogP contribution >= 0.6 is 0 Å². The first kappa shape index (κ1) is 28.7. The minimum Gasteiger partial charge on any atom is -0.364 e. The molecule has 0 saturated carbocycles. The number of likely N-dealkylation sites (tertiary alicyclic amines) is 1. The molecule has 0 spiro atoms. The van der Waals surface area contributed by atoms with E-state index in [2.05, 4.69) is 66.0 Å². The van der Waals surface area contributed by atoms with Crippen LogP contribution < -0.4 is 16.5 Å². The number of carbonyl (C=O) groups is 3. The molecule has 0 aliphatic carbocycles. The highest BCUT2D eigenvalue weighted by Gasteiger charge is 2.47. The predicted octanol–water partition coefficient (Wildman–Crippen LogP) is 2.09. The fraction of sp³-hybridized carbons (Fsp3) is 0.880. The lowest BCUT2D eigenvalue weighted by atomic mass is 9.77. The normalized spacial score (nSPS) is 25.0.